The molecule has 0 amide bonds. The van der Waals surface area contributed by atoms with Crippen LogP contribution in [0.3, 0.4) is 0 Å². The maximum atomic E-state index is 13.4. The first-order chi connectivity index (χ1) is 9.82. The molecule has 2 heteroatoms. The fraction of sp³-hybridized carbons (Fsp3) is 0.684. The molecule has 0 radical (unpaired) electrons. The number of hydrogen-bond donors (Lipinski definition) is 1. The monoisotopic (exact) mass is 291 g/mol. The lowest BCUT2D eigenvalue weighted by molar-refractivity contribution is 0.130. The SMILES string of the molecule is CNCC1CCC(C(C)(C)C)CC1c1ccc(F)cc1C. The van der Waals surface area contributed by atoms with Gasteiger partial charge in [-0.3, -0.25) is 0 Å². The number of aryl methyl sites for hydroxylation is 1. The minimum absolute atomic E-state index is 0.121. The number of rotatable bonds is 3. The van der Waals surface area contributed by atoms with E-state index in [1.807, 2.05) is 13.1 Å². The van der Waals surface area contributed by atoms with Gasteiger partial charge in [0.15, 0.2) is 0 Å². The van der Waals surface area contributed by atoms with Gasteiger partial charge in [0.2, 0.25) is 0 Å². The molecule has 1 aliphatic carbocycles. The van der Waals surface area contributed by atoms with E-state index in [0.717, 1.165) is 18.0 Å². The van der Waals surface area contributed by atoms with E-state index < -0.39 is 0 Å². The molecule has 0 bridgehead atoms. The van der Waals surface area contributed by atoms with Crippen molar-refractivity contribution in [2.75, 3.05) is 13.6 Å². The molecule has 21 heavy (non-hydrogen) atoms. The molecular formula is C19H30FN. The molecule has 1 aromatic carbocycles. The molecule has 2 rings (SSSR count). The van der Waals surface area contributed by atoms with Gasteiger partial charge in [-0.15, -0.1) is 0 Å². The van der Waals surface area contributed by atoms with Crippen LogP contribution in [0.1, 0.15) is 57.1 Å². The summed E-state index contributed by atoms with van der Waals surface area (Å²) in [6, 6.07) is 5.33. The van der Waals surface area contributed by atoms with Crippen molar-refractivity contribution in [3.05, 3.63) is 35.1 Å². The normalized spacial score (nSPS) is 26.9. The largest absolute Gasteiger partial charge is 0.319 e. The molecule has 3 unspecified atom stereocenters. The molecule has 0 heterocycles. The van der Waals surface area contributed by atoms with Gasteiger partial charge >= 0.3 is 0 Å². The van der Waals surface area contributed by atoms with E-state index in [1.165, 1.54) is 24.8 Å². The molecule has 0 aromatic heterocycles. The van der Waals surface area contributed by atoms with E-state index in [9.17, 15) is 4.39 Å². The van der Waals surface area contributed by atoms with Crippen molar-refractivity contribution < 1.29 is 4.39 Å². The van der Waals surface area contributed by atoms with Gasteiger partial charge in [0.25, 0.3) is 0 Å². The van der Waals surface area contributed by atoms with Crippen LogP contribution in [0.2, 0.25) is 0 Å². The lowest BCUT2D eigenvalue weighted by Gasteiger charge is -2.42. The second-order valence-electron chi connectivity index (χ2n) is 7.80. The van der Waals surface area contributed by atoms with E-state index in [-0.39, 0.29) is 5.82 Å². The highest BCUT2D eigenvalue weighted by atomic mass is 19.1. The Morgan fingerprint density at radius 3 is 2.52 bits per heavy atom. The van der Waals surface area contributed by atoms with E-state index in [2.05, 4.69) is 33.0 Å². The lowest BCUT2D eigenvalue weighted by Crippen LogP contribution is -2.35. The van der Waals surface area contributed by atoms with Crippen LogP contribution in [0, 0.1) is 30.0 Å². The Balaban J connectivity index is 2.29. The zero-order valence-corrected chi connectivity index (χ0v) is 14.2. The summed E-state index contributed by atoms with van der Waals surface area (Å²) in [7, 11) is 2.03. The smallest absolute Gasteiger partial charge is 0.123 e. The molecule has 1 nitrogen and oxygen atoms in total. The molecular weight excluding hydrogens is 261 g/mol. The van der Waals surface area contributed by atoms with Crippen molar-refractivity contribution in [1.82, 2.24) is 5.32 Å². The maximum Gasteiger partial charge on any atom is 0.123 e. The number of benzene rings is 1. The third-order valence-electron chi connectivity index (χ3n) is 5.32. The Kier molecular flexibility index (Phi) is 5.08. The Hall–Kier alpha value is -0.890. The Morgan fingerprint density at radius 2 is 1.95 bits per heavy atom. The predicted octanol–water partition coefficient (Wildman–Crippen LogP) is 4.90. The molecule has 1 fully saturated rings. The predicted molar refractivity (Wildman–Crippen MR) is 88.1 cm³/mol. The van der Waals surface area contributed by atoms with Crippen molar-refractivity contribution in [2.45, 2.75) is 52.9 Å². The van der Waals surface area contributed by atoms with Gasteiger partial charge in [-0.05, 0) is 86.2 Å². The summed E-state index contributed by atoms with van der Waals surface area (Å²) in [5.74, 6) is 1.85. The van der Waals surface area contributed by atoms with E-state index >= 15 is 0 Å². The highest BCUT2D eigenvalue weighted by Crippen LogP contribution is 2.47. The summed E-state index contributed by atoms with van der Waals surface area (Å²) < 4.78 is 13.4. The van der Waals surface area contributed by atoms with Gasteiger partial charge in [0.05, 0.1) is 0 Å². The summed E-state index contributed by atoms with van der Waals surface area (Å²) in [4.78, 5) is 0. The zero-order chi connectivity index (χ0) is 15.6. The number of nitrogens with one attached hydrogen (secondary N) is 1. The maximum absolute atomic E-state index is 13.4. The Labute approximate surface area is 129 Å². The van der Waals surface area contributed by atoms with Gasteiger partial charge in [-0.25, -0.2) is 4.39 Å². The average molecular weight is 291 g/mol. The molecule has 0 spiro atoms. The van der Waals surface area contributed by atoms with Crippen molar-refractivity contribution in [1.29, 1.82) is 0 Å². The van der Waals surface area contributed by atoms with Crippen molar-refractivity contribution >= 4 is 0 Å². The molecule has 1 N–H and O–H groups in total. The second-order valence-corrected chi connectivity index (χ2v) is 7.80. The molecule has 1 aliphatic rings. The number of halogens is 1. The molecule has 0 aliphatic heterocycles. The third-order valence-corrected chi connectivity index (χ3v) is 5.32. The zero-order valence-electron chi connectivity index (χ0n) is 14.2. The van der Waals surface area contributed by atoms with Crippen LogP contribution in [0.4, 0.5) is 4.39 Å². The summed E-state index contributed by atoms with van der Waals surface area (Å²) in [5.41, 5.74) is 2.82. The van der Waals surface area contributed by atoms with Gasteiger partial charge in [-0.2, -0.15) is 0 Å². The first-order valence-corrected chi connectivity index (χ1v) is 8.23. The van der Waals surface area contributed by atoms with Crippen molar-refractivity contribution in [3.8, 4) is 0 Å². The highest BCUT2D eigenvalue weighted by molar-refractivity contribution is 5.31. The standard InChI is InChI=1S/C19H30FN/c1-13-10-16(20)8-9-17(13)18-11-15(19(2,3)4)7-6-14(18)12-21-5/h8-10,14-15,18,21H,6-7,11-12H2,1-5H3. The summed E-state index contributed by atoms with van der Waals surface area (Å²) >= 11 is 0. The van der Waals surface area contributed by atoms with Gasteiger partial charge in [0.1, 0.15) is 5.82 Å². The Bertz CT molecular complexity index is 475. The summed E-state index contributed by atoms with van der Waals surface area (Å²) in [6.45, 7) is 10.2. The minimum Gasteiger partial charge on any atom is -0.319 e. The van der Waals surface area contributed by atoms with Crippen LogP contribution in [0.25, 0.3) is 0 Å². The summed E-state index contributed by atoms with van der Waals surface area (Å²) in [6.07, 6.45) is 3.80. The second kappa shape index (κ2) is 6.48. The quantitative estimate of drug-likeness (QED) is 0.835. The van der Waals surface area contributed by atoms with Crippen LogP contribution in [0.5, 0.6) is 0 Å². The minimum atomic E-state index is -0.121. The molecule has 1 aromatic rings. The van der Waals surface area contributed by atoms with Crippen LogP contribution in [-0.2, 0) is 0 Å². The molecule has 1 saturated carbocycles. The Morgan fingerprint density at radius 1 is 1.24 bits per heavy atom. The van der Waals surface area contributed by atoms with E-state index in [0.29, 0.717) is 17.3 Å². The van der Waals surface area contributed by atoms with Gasteiger partial charge < -0.3 is 5.32 Å². The van der Waals surface area contributed by atoms with Crippen LogP contribution in [-0.4, -0.2) is 13.6 Å². The van der Waals surface area contributed by atoms with Crippen molar-refractivity contribution in [2.24, 2.45) is 17.3 Å². The molecule has 118 valence electrons. The average Bonchev–Trinajstić information content (AvgIpc) is 2.39. The van der Waals surface area contributed by atoms with Gasteiger partial charge in [0, 0.05) is 0 Å². The third kappa shape index (κ3) is 3.85. The summed E-state index contributed by atoms with van der Waals surface area (Å²) in [5, 5.41) is 3.35. The van der Waals surface area contributed by atoms with Crippen LogP contribution < -0.4 is 5.32 Å². The van der Waals surface area contributed by atoms with Crippen molar-refractivity contribution in [3.63, 3.8) is 0 Å². The van der Waals surface area contributed by atoms with E-state index in [4.69, 9.17) is 0 Å². The first-order valence-electron chi connectivity index (χ1n) is 8.23. The first kappa shape index (κ1) is 16.5. The van der Waals surface area contributed by atoms with Gasteiger partial charge in [-0.1, -0.05) is 26.8 Å². The fourth-order valence-electron chi connectivity index (χ4n) is 3.96. The van der Waals surface area contributed by atoms with Crippen LogP contribution in [0.15, 0.2) is 18.2 Å². The topological polar surface area (TPSA) is 12.0 Å². The van der Waals surface area contributed by atoms with Crippen LogP contribution >= 0.6 is 0 Å². The van der Waals surface area contributed by atoms with E-state index in [1.54, 1.807) is 12.1 Å². The molecule has 0 saturated heterocycles. The number of hydrogen-bond acceptors (Lipinski definition) is 1. The highest BCUT2D eigenvalue weighted by Gasteiger charge is 2.36. The molecule has 3 atom stereocenters. The lowest BCUT2D eigenvalue weighted by atomic mass is 9.63. The fourth-order valence-corrected chi connectivity index (χ4v) is 3.96.